The molecule has 1 aromatic carbocycles. The minimum Gasteiger partial charge on any atom is -0.373 e. The molecule has 0 bridgehead atoms. The fraction of sp³-hybridized carbons (Fsp3) is 0.600. The third kappa shape index (κ3) is 4.59. The number of nitriles is 1. The molecule has 1 aromatic rings. The van der Waals surface area contributed by atoms with Gasteiger partial charge in [-0.25, -0.2) is 0 Å². The van der Waals surface area contributed by atoms with Gasteiger partial charge in [0.05, 0.1) is 18.3 Å². The molecular weight excluding hydrogens is 314 g/mol. The van der Waals surface area contributed by atoms with Gasteiger partial charge in [0.2, 0.25) is 0 Å². The Hall–Kier alpha value is -1.90. The molecule has 5 nitrogen and oxygen atoms in total. The molecule has 2 unspecified atom stereocenters. The highest BCUT2D eigenvalue weighted by Crippen LogP contribution is 2.19. The van der Waals surface area contributed by atoms with Gasteiger partial charge in [-0.05, 0) is 44.4 Å². The maximum absolute atomic E-state index is 12.6. The van der Waals surface area contributed by atoms with Crippen molar-refractivity contribution in [2.24, 2.45) is 5.92 Å². The van der Waals surface area contributed by atoms with Gasteiger partial charge in [0.1, 0.15) is 0 Å². The number of rotatable bonds is 3. The molecule has 0 aliphatic carbocycles. The van der Waals surface area contributed by atoms with Crippen molar-refractivity contribution < 1.29 is 9.53 Å². The number of morpholine rings is 1. The summed E-state index contributed by atoms with van der Waals surface area (Å²) in [7, 11) is 0. The van der Waals surface area contributed by atoms with E-state index in [0.717, 1.165) is 38.0 Å². The Bertz CT molecular complexity index is 619. The Morgan fingerprint density at radius 2 is 1.76 bits per heavy atom. The zero-order valence-electron chi connectivity index (χ0n) is 15.1. The van der Waals surface area contributed by atoms with Crippen LogP contribution in [-0.2, 0) is 11.3 Å². The number of carbonyl (C=O) groups excluding carboxylic acids is 1. The molecule has 0 radical (unpaired) electrons. The molecule has 0 N–H and O–H groups in total. The molecule has 0 saturated carbocycles. The number of carbonyl (C=O) groups is 1. The maximum atomic E-state index is 12.6. The summed E-state index contributed by atoms with van der Waals surface area (Å²) in [6, 6.07) is 10.3. The maximum Gasteiger partial charge on any atom is 0.253 e. The first-order valence-corrected chi connectivity index (χ1v) is 9.21. The number of likely N-dealkylation sites (tertiary alicyclic amines) is 1. The molecule has 2 atom stereocenters. The van der Waals surface area contributed by atoms with Crippen LogP contribution in [0.5, 0.6) is 0 Å². The molecule has 5 heteroatoms. The van der Waals surface area contributed by atoms with Gasteiger partial charge in [-0.3, -0.25) is 9.69 Å². The van der Waals surface area contributed by atoms with E-state index in [1.807, 2.05) is 17.0 Å². The Kier molecular flexibility index (Phi) is 5.72. The molecule has 1 amide bonds. The molecule has 0 aromatic heterocycles. The Morgan fingerprint density at radius 3 is 2.32 bits per heavy atom. The molecule has 2 heterocycles. The van der Waals surface area contributed by atoms with Gasteiger partial charge in [-0.2, -0.15) is 5.26 Å². The van der Waals surface area contributed by atoms with E-state index in [0.29, 0.717) is 13.1 Å². The van der Waals surface area contributed by atoms with Gasteiger partial charge in [0, 0.05) is 44.2 Å². The molecule has 2 aliphatic rings. The Morgan fingerprint density at radius 1 is 1.16 bits per heavy atom. The van der Waals surface area contributed by atoms with E-state index in [1.54, 1.807) is 0 Å². The van der Waals surface area contributed by atoms with Crippen LogP contribution in [0.25, 0.3) is 0 Å². The molecular formula is C20H27N3O2. The van der Waals surface area contributed by atoms with Crippen molar-refractivity contribution in [2.75, 3.05) is 26.2 Å². The first-order valence-electron chi connectivity index (χ1n) is 9.21. The summed E-state index contributed by atoms with van der Waals surface area (Å²) >= 11 is 0. The summed E-state index contributed by atoms with van der Waals surface area (Å²) in [5, 5.41) is 8.97. The molecule has 0 spiro atoms. The molecule has 2 fully saturated rings. The quantitative estimate of drug-likeness (QED) is 0.848. The van der Waals surface area contributed by atoms with Crippen LogP contribution in [0.4, 0.5) is 0 Å². The van der Waals surface area contributed by atoms with Crippen molar-refractivity contribution in [3.8, 4) is 6.07 Å². The zero-order chi connectivity index (χ0) is 17.8. The minimum atomic E-state index is 0.0801. The van der Waals surface area contributed by atoms with Crippen LogP contribution in [0.3, 0.4) is 0 Å². The molecule has 134 valence electrons. The van der Waals surface area contributed by atoms with E-state index in [1.165, 1.54) is 5.56 Å². The van der Waals surface area contributed by atoms with Crippen LogP contribution >= 0.6 is 0 Å². The smallest absolute Gasteiger partial charge is 0.253 e. The summed E-state index contributed by atoms with van der Waals surface area (Å²) < 4.78 is 5.78. The number of hydrogen-bond donors (Lipinski definition) is 0. The van der Waals surface area contributed by atoms with E-state index in [2.05, 4.69) is 36.9 Å². The summed E-state index contributed by atoms with van der Waals surface area (Å²) in [6.07, 6.45) is 2.10. The van der Waals surface area contributed by atoms with Crippen LogP contribution in [0.1, 0.15) is 42.6 Å². The van der Waals surface area contributed by atoms with Crippen molar-refractivity contribution >= 4 is 5.91 Å². The highest BCUT2D eigenvalue weighted by molar-refractivity contribution is 5.94. The van der Waals surface area contributed by atoms with Crippen LogP contribution in [0.15, 0.2) is 24.3 Å². The average Bonchev–Trinajstić information content (AvgIpc) is 2.61. The van der Waals surface area contributed by atoms with Gasteiger partial charge in [0.15, 0.2) is 0 Å². The molecule has 3 rings (SSSR count). The van der Waals surface area contributed by atoms with Gasteiger partial charge in [0.25, 0.3) is 5.91 Å². The normalized spacial score (nSPS) is 25.6. The lowest BCUT2D eigenvalue weighted by atomic mass is 9.98. The van der Waals surface area contributed by atoms with Gasteiger partial charge < -0.3 is 9.64 Å². The van der Waals surface area contributed by atoms with Crippen molar-refractivity contribution in [1.82, 2.24) is 9.80 Å². The van der Waals surface area contributed by atoms with Crippen LogP contribution in [0, 0.1) is 17.2 Å². The second kappa shape index (κ2) is 7.99. The first-order chi connectivity index (χ1) is 12.0. The fourth-order valence-electron chi connectivity index (χ4n) is 3.82. The molecule has 2 aliphatic heterocycles. The van der Waals surface area contributed by atoms with Crippen molar-refractivity contribution in [3.05, 3.63) is 35.4 Å². The van der Waals surface area contributed by atoms with Crippen molar-refractivity contribution in [2.45, 2.75) is 45.4 Å². The largest absolute Gasteiger partial charge is 0.373 e. The lowest BCUT2D eigenvalue weighted by Crippen LogP contribution is -2.44. The summed E-state index contributed by atoms with van der Waals surface area (Å²) in [5.41, 5.74) is 1.96. The number of hydrogen-bond acceptors (Lipinski definition) is 4. The number of nitrogens with zero attached hydrogens (tertiary/aromatic N) is 3. The Labute approximate surface area is 150 Å². The molecule has 25 heavy (non-hydrogen) atoms. The first kappa shape index (κ1) is 17.9. The SMILES string of the molecule is CC1CN(Cc2ccc(C(=O)N3CCC(C#N)CC3)cc2)CC(C)O1. The summed E-state index contributed by atoms with van der Waals surface area (Å²) in [5.74, 6) is 0.182. The lowest BCUT2D eigenvalue weighted by molar-refractivity contribution is -0.0704. The third-order valence-electron chi connectivity index (χ3n) is 5.07. The second-order valence-corrected chi connectivity index (χ2v) is 7.34. The van der Waals surface area contributed by atoms with E-state index >= 15 is 0 Å². The van der Waals surface area contributed by atoms with Crippen LogP contribution in [-0.4, -0.2) is 54.1 Å². The van der Waals surface area contributed by atoms with E-state index in [-0.39, 0.29) is 24.0 Å². The highest BCUT2D eigenvalue weighted by atomic mass is 16.5. The van der Waals surface area contributed by atoms with Gasteiger partial charge in [-0.15, -0.1) is 0 Å². The van der Waals surface area contributed by atoms with E-state index in [4.69, 9.17) is 10.00 Å². The zero-order valence-corrected chi connectivity index (χ0v) is 15.1. The van der Waals surface area contributed by atoms with Crippen molar-refractivity contribution in [1.29, 1.82) is 5.26 Å². The summed E-state index contributed by atoms with van der Waals surface area (Å²) in [4.78, 5) is 16.9. The number of amides is 1. The van der Waals surface area contributed by atoms with E-state index < -0.39 is 0 Å². The fourth-order valence-corrected chi connectivity index (χ4v) is 3.82. The van der Waals surface area contributed by atoms with Crippen LogP contribution < -0.4 is 0 Å². The second-order valence-electron chi connectivity index (χ2n) is 7.34. The topological polar surface area (TPSA) is 56.6 Å². The van der Waals surface area contributed by atoms with E-state index in [9.17, 15) is 4.79 Å². The standard InChI is InChI=1S/C20H27N3O2/c1-15-12-22(13-16(2)25-15)14-18-3-5-19(6-4-18)20(24)23-9-7-17(11-21)8-10-23/h3-6,15-17H,7-10,12-14H2,1-2H3. The Balaban J connectivity index is 1.57. The number of ether oxygens (including phenoxy) is 1. The lowest BCUT2D eigenvalue weighted by Gasteiger charge is -2.35. The number of benzene rings is 1. The minimum absolute atomic E-state index is 0.0801. The average molecular weight is 341 g/mol. The molecule has 2 saturated heterocycles. The summed E-state index contributed by atoms with van der Waals surface area (Å²) in [6.45, 7) is 8.36. The predicted molar refractivity (Wildman–Crippen MR) is 96.0 cm³/mol. The monoisotopic (exact) mass is 341 g/mol. The highest BCUT2D eigenvalue weighted by Gasteiger charge is 2.24. The van der Waals surface area contributed by atoms with Gasteiger partial charge >= 0.3 is 0 Å². The third-order valence-corrected chi connectivity index (χ3v) is 5.07. The van der Waals surface area contributed by atoms with Gasteiger partial charge in [-0.1, -0.05) is 12.1 Å². The van der Waals surface area contributed by atoms with Crippen LogP contribution in [0.2, 0.25) is 0 Å². The predicted octanol–water partition coefficient (Wildman–Crippen LogP) is 2.67. The number of piperidine rings is 1. The van der Waals surface area contributed by atoms with Crippen molar-refractivity contribution in [3.63, 3.8) is 0 Å².